The first-order valence-corrected chi connectivity index (χ1v) is 7.94. The van der Waals surface area contributed by atoms with Crippen LogP contribution >= 0.6 is 15.9 Å². The topological polar surface area (TPSA) is 29.3 Å². The first-order valence-electron chi connectivity index (χ1n) is 7.15. The zero-order valence-corrected chi connectivity index (χ0v) is 13.8. The summed E-state index contributed by atoms with van der Waals surface area (Å²) < 4.78 is 1.17. The Morgan fingerprint density at radius 2 is 2.00 bits per heavy atom. The summed E-state index contributed by atoms with van der Waals surface area (Å²) in [5.41, 5.74) is 8.00. The molecular weight excluding hydrogens is 300 g/mol. The van der Waals surface area contributed by atoms with E-state index in [2.05, 4.69) is 65.9 Å². The van der Waals surface area contributed by atoms with Crippen LogP contribution in [-0.4, -0.2) is 24.0 Å². The van der Waals surface area contributed by atoms with Crippen molar-refractivity contribution in [1.29, 1.82) is 0 Å². The third-order valence-corrected chi connectivity index (χ3v) is 4.77. The third-order valence-electron chi connectivity index (χ3n) is 4.05. The first-order chi connectivity index (χ1) is 8.91. The molecule has 1 aromatic rings. The number of hydrogen-bond donors (Lipinski definition) is 1. The number of nitrogens with zero attached hydrogens (tertiary/aromatic N) is 1. The maximum atomic E-state index is 6.29. The van der Waals surface area contributed by atoms with Crippen LogP contribution in [0.4, 0.5) is 0 Å². The van der Waals surface area contributed by atoms with Gasteiger partial charge in [-0.2, -0.15) is 0 Å². The average molecular weight is 325 g/mol. The highest BCUT2D eigenvalue weighted by molar-refractivity contribution is 9.10. The summed E-state index contributed by atoms with van der Waals surface area (Å²) in [7, 11) is 0. The predicted molar refractivity (Wildman–Crippen MR) is 85.1 cm³/mol. The van der Waals surface area contributed by atoms with Crippen LogP contribution in [0.2, 0.25) is 0 Å². The summed E-state index contributed by atoms with van der Waals surface area (Å²) in [4.78, 5) is 2.56. The predicted octanol–water partition coefficient (Wildman–Crippen LogP) is 3.96. The van der Waals surface area contributed by atoms with Gasteiger partial charge >= 0.3 is 0 Å². The molecule has 1 heterocycles. The van der Waals surface area contributed by atoms with Gasteiger partial charge in [0.25, 0.3) is 0 Å². The van der Waals surface area contributed by atoms with Gasteiger partial charge in [0.05, 0.1) is 6.04 Å². The van der Waals surface area contributed by atoms with Crippen molar-refractivity contribution in [3.05, 3.63) is 34.3 Å². The van der Waals surface area contributed by atoms with Gasteiger partial charge in [-0.05, 0) is 43.4 Å². The lowest BCUT2D eigenvalue weighted by atomic mass is 9.82. The number of rotatable bonds is 3. The van der Waals surface area contributed by atoms with Crippen molar-refractivity contribution in [1.82, 2.24) is 4.90 Å². The van der Waals surface area contributed by atoms with Gasteiger partial charge < -0.3 is 5.73 Å². The molecule has 1 fully saturated rings. The summed E-state index contributed by atoms with van der Waals surface area (Å²) >= 11 is 3.68. The van der Waals surface area contributed by atoms with Gasteiger partial charge in [0.1, 0.15) is 0 Å². The van der Waals surface area contributed by atoms with E-state index in [1.807, 2.05) is 0 Å². The molecule has 2 nitrogen and oxygen atoms in total. The van der Waals surface area contributed by atoms with Crippen LogP contribution < -0.4 is 5.73 Å². The van der Waals surface area contributed by atoms with Gasteiger partial charge in [-0.15, -0.1) is 0 Å². The number of benzene rings is 1. The molecule has 0 saturated carbocycles. The van der Waals surface area contributed by atoms with E-state index in [1.54, 1.807) is 0 Å². The van der Waals surface area contributed by atoms with Crippen molar-refractivity contribution in [2.24, 2.45) is 11.1 Å². The standard InChI is InChI=1S/C16H25BrN2/c1-12(18)15(13-7-4-5-8-14(13)17)19-10-6-9-16(2,3)11-19/h4-5,7-8,12,15H,6,9-11,18H2,1-3H3. The minimum absolute atomic E-state index is 0.132. The van der Waals surface area contributed by atoms with Crippen LogP contribution in [0.25, 0.3) is 0 Å². The SMILES string of the molecule is CC(N)C(c1ccccc1Br)N1CCCC(C)(C)C1. The molecule has 19 heavy (non-hydrogen) atoms. The summed E-state index contributed by atoms with van der Waals surface area (Å²) in [5, 5.41) is 0. The van der Waals surface area contributed by atoms with Gasteiger partial charge in [-0.3, -0.25) is 4.90 Å². The van der Waals surface area contributed by atoms with Crippen molar-refractivity contribution < 1.29 is 0 Å². The smallest absolute Gasteiger partial charge is 0.0507 e. The van der Waals surface area contributed by atoms with Gasteiger partial charge in [0, 0.05) is 17.1 Å². The fraction of sp³-hybridized carbons (Fsp3) is 0.625. The lowest BCUT2D eigenvalue weighted by molar-refractivity contribution is 0.0685. The second-order valence-electron chi connectivity index (χ2n) is 6.56. The lowest BCUT2D eigenvalue weighted by Gasteiger charge is -2.44. The van der Waals surface area contributed by atoms with Crippen LogP contribution in [0, 0.1) is 5.41 Å². The summed E-state index contributed by atoms with van der Waals surface area (Å²) in [5.74, 6) is 0. The Morgan fingerprint density at radius 1 is 1.32 bits per heavy atom. The second kappa shape index (κ2) is 5.94. The minimum atomic E-state index is 0.132. The Kier molecular flexibility index (Phi) is 4.70. The van der Waals surface area contributed by atoms with E-state index in [-0.39, 0.29) is 6.04 Å². The Labute approximate surface area is 125 Å². The molecule has 2 atom stereocenters. The van der Waals surface area contributed by atoms with E-state index < -0.39 is 0 Å². The van der Waals surface area contributed by atoms with E-state index in [0.29, 0.717) is 11.5 Å². The molecule has 106 valence electrons. The maximum Gasteiger partial charge on any atom is 0.0507 e. The summed E-state index contributed by atoms with van der Waals surface area (Å²) in [6, 6.07) is 8.90. The molecule has 0 spiro atoms. The Bertz CT molecular complexity index is 429. The van der Waals surface area contributed by atoms with Gasteiger partial charge in [-0.25, -0.2) is 0 Å². The fourth-order valence-electron chi connectivity index (χ4n) is 3.23. The van der Waals surface area contributed by atoms with Crippen molar-refractivity contribution in [3.63, 3.8) is 0 Å². The van der Waals surface area contributed by atoms with Crippen LogP contribution in [0.5, 0.6) is 0 Å². The number of nitrogens with two attached hydrogens (primary N) is 1. The van der Waals surface area contributed by atoms with Gasteiger partial charge in [0.15, 0.2) is 0 Å². The molecule has 1 aromatic carbocycles. The van der Waals surface area contributed by atoms with Crippen molar-refractivity contribution >= 4 is 15.9 Å². The molecule has 0 bridgehead atoms. The van der Waals surface area contributed by atoms with Crippen molar-refractivity contribution in [2.45, 2.75) is 45.7 Å². The molecule has 0 radical (unpaired) electrons. The quantitative estimate of drug-likeness (QED) is 0.911. The van der Waals surface area contributed by atoms with Crippen molar-refractivity contribution in [2.75, 3.05) is 13.1 Å². The van der Waals surface area contributed by atoms with E-state index in [0.717, 1.165) is 13.1 Å². The zero-order chi connectivity index (χ0) is 14.0. The fourth-order valence-corrected chi connectivity index (χ4v) is 3.75. The molecule has 0 aliphatic carbocycles. The zero-order valence-electron chi connectivity index (χ0n) is 12.2. The highest BCUT2D eigenvalue weighted by Crippen LogP contribution is 2.36. The Morgan fingerprint density at radius 3 is 2.58 bits per heavy atom. The molecule has 2 rings (SSSR count). The Balaban J connectivity index is 2.28. The number of likely N-dealkylation sites (tertiary alicyclic amines) is 1. The highest BCUT2D eigenvalue weighted by Gasteiger charge is 2.33. The van der Waals surface area contributed by atoms with E-state index in [9.17, 15) is 0 Å². The number of halogens is 1. The third kappa shape index (κ3) is 3.59. The second-order valence-corrected chi connectivity index (χ2v) is 7.42. The average Bonchev–Trinajstić information content (AvgIpc) is 2.30. The van der Waals surface area contributed by atoms with Crippen molar-refractivity contribution in [3.8, 4) is 0 Å². The molecule has 2 N–H and O–H groups in total. The monoisotopic (exact) mass is 324 g/mol. The number of hydrogen-bond acceptors (Lipinski definition) is 2. The van der Waals surface area contributed by atoms with Crippen LogP contribution in [-0.2, 0) is 0 Å². The molecule has 0 aromatic heterocycles. The minimum Gasteiger partial charge on any atom is -0.326 e. The Hall–Kier alpha value is -0.380. The van der Waals surface area contributed by atoms with Gasteiger partial charge in [0.2, 0.25) is 0 Å². The maximum absolute atomic E-state index is 6.29. The van der Waals surface area contributed by atoms with Gasteiger partial charge in [-0.1, -0.05) is 48.0 Å². The molecular formula is C16H25BrN2. The normalized spacial score (nSPS) is 23.0. The molecule has 3 heteroatoms. The molecule has 1 aliphatic heterocycles. The summed E-state index contributed by atoms with van der Waals surface area (Å²) in [6.07, 6.45) is 2.58. The highest BCUT2D eigenvalue weighted by atomic mass is 79.9. The molecule has 1 saturated heterocycles. The van der Waals surface area contributed by atoms with Crippen LogP contribution in [0.1, 0.15) is 45.2 Å². The van der Waals surface area contributed by atoms with E-state index in [4.69, 9.17) is 5.73 Å². The largest absolute Gasteiger partial charge is 0.326 e. The number of piperidine rings is 1. The molecule has 2 unspecified atom stereocenters. The van der Waals surface area contributed by atoms with Crippen LogP contribution in [0.15, 0.2) is 28.7 Å². The lowest BCUT2D eigenvalue weighted by Crippen LogP contribution is -2.47. The van der Waals surface area contributed by atoms with E-state index in [1.165, 1.54) is 22.9 Å². The van der Waals surface area contributed by atoms with E-state index >= 15 is 0 Å². The summed E-state index contributed by atoms with van der Waals surface area (Å²) in [6.45, 7) is 9.11. The van der Waals surface area contributed by atoms with Crippen LogP contribution in [0.3, 0.4) is 0 Å². The first kappa shape index (κ1) is 15.0. The molecule has 1 aliphatic rings. The molecule has 0 amide bonds.